The molecule has 3 aromatic rings. The number of rotatable bonds is 8. The molecule has 0 atom stereocenters. The normalized spacial score (nSPS) is 10.5. The first kappa shape index (κ1) is 19.8. The van der Waals surface area contributed by atoms with Crippen molar-refractivity contribution < 1.29 is 18.7 Å². The van der Waals surface area contributed by atoms with E-state index in [1.54, 1.807) is 44.2 Å². The zero-order valence-electron chi connectivity index (χ0n) is 15.9. The molecule has 0 fully saturated rings. The zero-order valence-corrected chi connectivity index (χ0v) is 16.7. The summed E-state index contributed by atoms with van der Waals surface area (Å²) in [6.45, 7) is 2.10. The second-order valence-corrected chi connectivity index (χ2v) is 7.12. The summed E-state index contributed by atoms with van der Waals surface area (Å²) in [5, 5.41) is 10.5. The van der Waals surface area contributed by atoms with E-state index >= 15 is 0 Å². The van der Waals surface area contributed by atoms with Gasteiger partial charge in [0.2, 0.25) is 5.91 Å². The maximum absolute atomic E-state index is 12.3. The van der Waals surface area contributed by atoms with Crippen LogP contribution in [0, 0.1) is 0 Å². The molecule has 7 nitrogen and oxygen atoms in total. The Labute approximate surface area is 167 Å². The van der Waals surface area contributed by atoms with Crippen molar-refractivity contribution in [2.75, 3.05) is 25.3 Å². The van der Waals surface area contributed by atoms with Gasteiger partial charge >= 0.3 is 6.01 Å². The van der Waals surface area contributed by atoms with Crippen molar-refractivity contribution >= 4 is 23.7 Å². The van der Waals surface area contributed by atoms with Crippen molar-refractivity contribution in [3.05, 3.63) is 48.0 Å². The third kappa shape index (κ3) is 4.83. The van der Waals surface area contributed by atoms with E-state index in [9.17, 15) is 4.79 Å². The largest absolute Gasteiger partial charge is 0.497 e. The number of hydrogen-bond acceptors (Lipinski definition) is 7. The van der Waals surface area contributed by atoms with Gasteiger partial charge in [0, 0.05) is 11.0 Å². The van der Waals surface area contributed by atoms with Crippen LogP contribution < -0.4 is 14.8 Å². The highest BCUT2D eigenvalue weighted by atomic mass is 32.2. The molecule has 1 N–H and O–H groups in total. The zero-order chi connectivity index (χ0) is 19.9. The van der Waals surface area contributed by atoms with Crippen molar-refractivity contribution in [2.45, 2.75) is 18.2 Å². The molecule has 2 aromatic carbocycles. The molecule has 8 heteroatoms. The average molecular weight is 399 g/mol. The molecule has 0 bridgehead atoms. The SMILES string of the molecule is CCSc1ccc(CC(=O)Nc2nnc(-c3ccc(OC)cc3OC)o2)cc1. The van der Waals surface area contributed by atoms with Gasteiger partial charge in [-0.25, -0.2) is 0 Å². The highest BCUT2D eigenvalue weighted by molar-refractivity contribution is 7.99. The summed E-state index contributed by atoms with van der Waals surface area (Å²) in [4.78, 5) is 13.4. The lowest BCUT2D eigenvalue weighted by Gasteiger charge is -2.07. The molecule has 0 aliphatic heterocycles. The number of anilines is 1. The van der Waals surface area contributed by atoms with Crippen molar-refractivity contribution in [3.63, 3.8) is 0 Å². The molecule has 0 unspecified atom stereocenters. The molecule has 0 aliphatic rings. The van der Waals surface area contributed by atoms with E-state index in [0.717, 1.165) is 11.3 Å². The Bertz CT molecular complexity index is 941. The van der Waals surface area contributed by atoms with Crippen LogP contribution in [-0.4, -0.2) is 36.1 Å². The number of thioether (sulfide) groups is 1. The molecule has 1 amide bonds. The molecular weight excluding hydrogens is 378 g/mol. The Hall–Kier alpha value is -3.00. The number of hydrogen-bond donors (Lipinski definition) is 1. The highest BCUT2D eigenvalue weighted by Crippen LogP contribution is 2.33. The van der Waals surface area contributed by atoms with Crippen LogP contribution in [0.1, 0.15) is 12.5 Å². The number of methoxy groups -OCH3 is 2. The maximum atomic E-state index is 12.3. The van der Waals surface area contributed by atoms with Gasteiger partial charge in [0.1, 0.15) is 11.5 Å². The van der Waals surface area contributed by atoms with E-state index in [2.05, 4.69) is 22.4 Å². The number of carbonyl (C=O) groups is 1. The second kappa shape index (κ2) is 9.27. The molecule has 1 heterocycles. The van der Waals surface area contributed by atoms with Crippen LogP contribution in [0.3, 0.4) is 0 Å². The summed E-state index contributed by atoms with van der Waals surface area (Å²) in [5.41, 5.74) is 1.52. The summed E-state index contributed by atoms with van der Waals surface area (Å²) < 4.78 is 16.1. The lowest BCUT2D eigenvalue weighted by atomic mass is 10.1. The van der Waals surface area contributed by atoms with E-state index in [1.165, 1.54) is 4.90 Å². The minimum atomic E-state index is -0.229. The van der Waals surface area contributed by atoms with Crippen LogP contribution >= 0.6 is 11.8 Å². The fourth-order valence-corrected chi connectivity index (χ4v) is 3.24. The summed E-state index contributed by atoms with van der Waals surface area (Å²) in [7, 11) is 3.12. The number of carbonyl (C=O) groups excluding carboxylic acids is 1. The number of nitrogens with one attached hydrogen (secondary N) is 1. The fourth-order valence-electron chi connectivity index (χ4n) is 2.58. The van der Waals surface area contributed by atoms with Crippen molar-refractivity contribution in [1.29, 1.82) is 0 Å². The second-order valence-electron chi connectivity index (χ2n) is 5.78. The third-order valence-corrected chi connectivity index (χ3v) is 4.80. The molecule has 28 heavy (non-hydrogen) atoms. The molecular formula is C20H21N3O4S. The van der Waals surface area contributed by atoms with Gasteiger partial charge in [0.25, 0.3) is 5.89 Å². The minimum Gasteiger partial charge on any atom is -0.497 e. The minimum absolute atomic E-state index is 0.0380. The Balaban J connectivity index is 1.66. The van der Waals surface area contributed by atoms with Crippen molar-refractivity contribution in [1.82, 2.24) is 10.2 Å². The first-order valence-electron chi connectivity index (χ1n) is 8.70. The molecule has 0 saturated heterocycles. The first-order valence-corrected chi connectivity index (χ1v) is 9.69. The van der Waals surface area contributed by atoms with Gasteiger partial charge in [-0.05, 0) is 35.6 Å². The number of nitrogens with zero attached hydrogens (tertiary/aromatic N) is 2. The van der Waals surface area contributed by atoms with Crippen LogP contribution in [0.15, 0.2) is 51.8 Å². The van der Waals surface area contributed by atoms with Gasteiger partial charge in [-0.1, -0.05) is 24.2 Å². The first-order chi connectivity index (χ1) is 13.6. The van der Waals surface area contributed by atoms with E-state index in [-0.39, 0.29) is 24.2 Å². The van der Waals surface area contributed by atoms with Crippen molar-refractivity contribution in [2.24, 2.45) is 0 Å². The molecule has 146 valence electrons. The van der Waals surface area contributed by atoms with Crippen LogP contribution in [-0.2, 0) is 11.2 Å². The summed E-state index contributed by atoms with van der Waals surface area (Å²) in [6, 6.07) is 13.2. The smallest absolute Gasteiger partial charge is 0.322 e. The van der Waals surface area contributed by atoms with Crippen LogP contribution in [0.5, 0.6) is 11.5 Å². The van der Waals surface area contributed by atoms with E-state index < -0.39 is 0 Å². The van der Waals surface area contributed by atoms with E-state index in [1.807, 2.05) is 24.3 Å². The van der Waals surface area contributed by atoms with Crippen LogP contribution in [0.25, 0.3) is 11.5 Å². The maximum Gasteiger partial charge on any atom is 0.322 e. The number of aromatic nitrogens is 2. The van der Waals surface area contributed by atoms with Gasteiger partial charge in [0.15, 0.2) is 0 Å². The Kier molecular flexibility index (Phi) is 6.54. The molecule has 3 rings (SSSR count). The molecule has 1 aromatic heterocycles. The lowest BCUT2D eigenvalue weighted by Crippen LogP contribution is -2.14. The summed E-state index contributed by atoms with van der Waals surface area (Å²) in [6.07, 6.45) is 0.223. The Morgan fingerprint density at radius 2 is 1.89 bits per heavy atom. The standard InChI is InChI=1S/C20H21N3O4S/c1-4-28-15-8-5-13(6-9-15)11-18(24)21-20-23-22-19(27-20)16-10-7-14(25-2)12-17(16)26-3/h5-10,12H,4,11H2,1-3H3,(H,21,23,24). The van der Waals surface area contributed by atoms with Crippen LogP contribution in [0.4, 0.5) is 6.01 Å². The van der Waals surface area contributed by atoms with Crippen molar-refractivity contribution in [3.8, 4) is 23.0 Å². The predicted molar refractivity (Wildman–Crippen MR) is 108 cm³/mol. The fraction of sp³-hybridized carbons (Fsp3) is 0.250. The molecule has 0 radical (unpaired) electrons. The number of benzene rings is 2. The average Bonchev–Trinajstić information content (AvgIpc) is 3.17. The van der Waals surface area contributed by atoms with Gasteiger partial charge in [-0.2, -0.15) is 0 Å². The monoisotopic (exact) mass is 399 g/mol. The van der Waals surface area contributed by atoms with E-state index in [0.29, 0.717) is 17.1 Å². The van der Waals surface area contributed by atoms with E-state index in [4.69, 9.17) is 13.9 Å². The molecule has 0 aliphatic carbocycles. The Morgan fingerprint density at radius 1 is 1.11 bits per heavy atom. The lowest BCUT2D eigenvalue weighted by molar-refractivity contribution is -0.115. The molecule has 0 spiro atoms. The molecule has 0 saturated carbocycles. The number of ether oxygens (including phenoxy) is 2. The quantitative estimate of drug-likeness (QED) is 0.572. The topological polar surface area (TPSA) is 86.5 Å². The summed E-state index contributed by atoms with van der Waals surface area (Å²) in [5.74, 6) is 2.21. The number of amides is 1. The van der Waals surface area contributed by atoms with Gasteiger partial charge in [0.05, 0.1) is 26.2 Å². The van der Waals surface area contributed by atoms with Crippen LogP contribution in [0.2, 0.25) is 0 Å². The summed E-state index contributed by atoms with van der Waals surface area (Å²) >= 11 is 1.76. The Morgan fingerprint density at radius 3 is 2.57 bits per heavy atom. The van der Waals surface area contributed by atoms with Gasteiger partial charge in [-0.15, -0.1) is 16.9 Å². The third-order valence-electron chi connectivity index (χ3n) is 3.91. The van der Waals surface area contributed by atoms with Gasteiger partial charge < -0.3 is 13.9 Å². The highest BCUT2D eigenvalue weighted by Gasteiger charge is 2.16. The van der Waals surface area contributed by atoms with Gasteiger partial charge in [-0.3, -0.25) is 10.1 Å². The predicted octanol–water partition coefficient (Wildman–Crippen LogP) is 4.05.